The molecule has 1 aromatic carbocycles. The van der Waals surface area contributed by atoms with E-state index < -0.39 is 0 Å². The summed E-state index contributed by atoms with van der Waals surface area (Å²) in [4.78, 5) is 36.7. The number of aromatic nitrogens is 5. The fourth-order valence-corrected chi connectivity index (χ4v) is 5.08. The molecule has 11 nitrogen and oxygen atoms in total. The number of piperidine rings is 1. The molecule has 5 rings (SSSR count). The van der Waals surface area contributed by atoms with E-state index in [0.717, 1.165) is 49.2 Å². The first-order valence-corrected chi connectivity index (χ1v) is 12.7. The summed E-state index contributed by atoms with van der Waals surface area (Å²) >= 11 is 0. The van der Waals surface area contributed by atoms with E-state index in [1.165, 1.54) is 0 Å². The number of carbonyl (C=O) groups excluding carboxylic acids is 2. The Morgan fingerprint density at radius 2 is 1.89 bits per heavy atom. The van der Waals surface area contributed by atoms with Gasteiger partial charge in [0.2, 0.25) is 5.91 Å². The van der Waals surface area contributed by atoms with E-state index in [1.54, 1.807) is 22.3 Å². The maximum atomic E-state index is 13.4. The fraction of sp³-hybridized carbons (Fsp3) is 0.423. The predicted octanol–water partition coefficient (Wildman–Crippen LogP) is 2.04. The zero-order valence-electron chi connectivity index (χ0n) is 21.7. The summed E-state index contributed by atoms with van der Waals surface area (Å²) in [6.07, 6.45) is 7.80. The predicted molar refractivity (Wildman–Crippen MR) is 143 cm³/mol. The van der Waals surface area contributed by atoms with Gasteiger partial charge in [-0.2, -0.15) is 5.10 Å². The zero-order chi connectivity index (χ0) is 26.1. The van der Waals surface area contributed by atoms with Crippen LogP contribution in [0, 0.1) is 6.92 Å². The van der Waals surface area contributed by atoms with Crippen molar-refractivity contribution in [1.29, 1.82) is 0 Å². The summed E-state index contributed by atoms with van der Waals surface area (Å²) in [6, 6.07) is 4.41. The van der Waals surface area contributed by atoms with Crippen LogP contribution in [0.25, 0.3) is 16.6 Å². The summed E-state index contributed by atoms with van der Waals surface area (Å²) in [7, 11) is 3.45. The molecule has 1 aliphatic heterocycles. The normalized spacial score (nSPS) is 14.4. The van der Waals surface area contributed by atoms with Crippen LogP contribution in [0.2, 0.25) is 0 Å². The van der Waals surface area contributed by atoms with Gasteiger partial charge in [0.1, 0.15) is 5.52 Å². The standard InChI is InChI=1S/C26H33N9O2/c1-5-28-17-8-10-34(11-9-17)21-7-6-18(24-19(21)14-33(4)32-24)26(37)31-22-15-35-13-16(2)29-20(25(35)30-22)12-23(36)27-3/h6-7,13-15,17,28H,5,8-12H2,1-4H3,(H,27,36)(H,31,37). The van der Waals surface area contributed by atoms with Crippen molar-refractivity contribution in [3.63, 3.8) is 0 Å². The first kappa shape index (κ1) is 24.7. The molecule has 0 aliphatic carbocycles. The van der Waals surface area contributed by atoms with E-state index in [0.29, 0.717) is 34.3 Å². The van der Waals surface area contributed by atoms with Crippen LogP contribution in [0.4, 0.5) is 11.5 Å². The number of aryl methyl sites for hydroxylation is 2. The molecule has 0 unspecified atom stereocenters. The largest absolute Gasteiger partial charge is 0.371 e. The van der Waals surface area contributed by atoms with Crippen molar-refractivity contribution in [1.82, 2.24) is 34.8 Å². The SMILES string of the molecule is CCNC1CCN(c2ccc(C(=O)Nc3cn4cc(C)nc(CC(=O)NC)c4n3)c3nn(C)cc23)CC1. The van der Waals surface area contributed by atoms with Crippen LogP contribution in [-0.2, 0) is 18.3 Å². The molecule has 0 atom stereocenters. The van der Waals surface area contributed by atoms with Gasteiger partial charge < -0.3 is 25.3 Å². The Hall–Kier alpha value is -3.99. The van der Waals surface area contributed by atoms with Crippen molar-refractivity contribution in [3.05, 3.63) is 47.7 Å². The third-order valence-electron chi connectivity index (χ3n) is 6.82. The van der Waals surface area contributed by atoms with Crippen molar-refractivity contribution in [3.8, 4) is 0 Å². The molecule has 0 radical (unpaired) electrons. The lowest BCUT2D eigenvalue weighted by atomic mass is 10.0. The van der Waals surface area contributed by atoms with Gasteiger partial charge in [-0.1, -0.05) is 6.92 Å². The van der Waals surface area contributed by atoms with Crippen LogP contribution in [0.1, 0.15) is 41.5 Å². The van der Waals surface area contributed by atoms with Gasteiger partial charge in [-0.3, -0.25) is 19.3 Å². The van der Waals surface area contributed by atoms with Gasteiger partial charge in [0.15, 0.2) is 11.5 Å². The Morgan fingerprint density at radius 1 is 1.11 bits per heavy atom. The fourth-order valence-electron chi connectivity index (χ4n) is 5.08. The number of hydrogen-bond acceptors (Lipinski definition) is 7. The van der Waals surface area contributed by atoms with Gasteiger partial charge in [-0.25, -0.2) is 4.98 Å². The topological polar surface area (TPSA) is 121 Å². The van der Waals surface area contributed by atoms with Gasteiger partial charge in [-0.15, -0.1) is 0 Å². The number of anilines is 2. The van der Waals surface area contributed by atoms with Crippen LogP contribution in [0.3, 0.4) is 0 Å². The van der Waals surface area contributed by atoms with E-state index in [-0.39, 0.29) is 18.2 Å². The summed E-state index contributed by atoms with van der Waals surface area (Å²) in [5.41, 5.74) is 4.08. The molecule has 194 valence electrons. The summed E-state index contributed by atoms with van der Waals surface area (Å²) in [6.45, 7) is 6.90. The van der Waals surface area contributed by atoms with E-state index in [4.69, 9.17) is 0 Å². The highest BCUT2D eigenvalue weighted by molar-refractivity contribution is 6.13. The molecule has 0 bridgehead atoms. The van der Waals surface area contributed by atoms with Crippen LogP contribution in [0.5, 0.6) is 0 Å². The molecule has 0 saturated carbocycles. The summed E-state index contributed by atoms with van der Waals surface area (Å²) in [5, 5.41) is 14.7. The Kier molecular flexibility index (Phi) is 6.79. The average molecular weight is 504 g/mol. The molecular formula is C26H33N9O2. The summed E-state index contributed by atoms with van der Waals surface area (Å²) < 4.78 is 3.54. The Balaban J connectivity index is 1.41. The lowest BCUT2D eigenvalue weighted by Gasteiger charge is -2.34. The van der Waals surface area contributed by atoms with Gasteiger partial charge in [0, 0.05) is 56.7 Å². The molecule has 1 aliphatic rings. The lowest BCUT2D eigenvalue weighted by Crippen LogP contribution is -2.42. The number of amides is 2. The molecular weight excluding hydrogens is 470 g/mol. The van der Waals surface area contributed by atoms with Gasteiger partial charge >= 0.3 is 0 Å². The number of nitrogens with zero attached hydrogens (tertiary/aromatic N) is 6. The highest BCUT2D eigenvalue weighted by Crippen LogP contribution is 2.31. The number of hydrogen-bond donors (Lipinski definition) is 3. The number of fused-ring (bicyclic) bond motifs is 2. The van der Waals surface area contributed by atoms with Gasteiger partial charge in [-0.05, 0) is 38.4 Å². The molecule has 3 aromatic heterocycles. The Morgan fingerprint density at radius 3 is 2.62 bits per heavy atom. The van der Waals surface area contributed by atoms with Crippen molar-refractivity contribution in [2.24, 2.45) is 7.05 Å². The molecule has 1 saturated heterocycles. The average Bonchev–Trinajstić information content (AvgIpc) is 3.46. The highest BCUT2D eigenvalue weighted by Gasteiger charge is 2.23. The first-order valence-electron chi connectivity index (χ1n) is 12.7. The molecule has 2 amide bonds. The highest BCUT2D eigenvalue weighted by atomic mass is 16.2. The number of benzene rings is 1. The first-order chi connectivity index (χ1) is 17.9. The van der Waals surface area contributed by atoms with Gasteiger partial charge in [0.05, 0.1) is 29.6 Å². The minimum atomic E-state index is -0.290. The Bertz CT molecular complexity index is 1460. The molecule has 37 heavy (non-hydrogen) atoms. The van der Waals surface area contributed by atoms with Crippen LogP contribution < -0.4 is 20.9 Å². The van der Waals surface area contributed by atoms with E-state index >= 15 is 0 Å². The number of carbonyl (C=O) groups is 2. The number of likely N-dealkylation sites (N-methyl/N-ethyl adjacent to an activating group) is 1. The minimum absolute atomic E-state index is 0.105. The van der Waals surface area contributed by atoms with Crippen LogP contribution in [0.15, 0.2) is 30.7 Å². The quantitative estimate of drug-likeness (QED) is 0.353. The van der Waals surface area contributed by atoms with Crippen LogP contribution in [-0.4, -0.2) is 68.7 Å². The van der Waals surface area contributed by atoms with Gasteiger partial charge in [0.25, 0.3) is 5.91 Å². The second kappa shape index (κ2) is 10.2. The van der Waals surface area contributed by atoms with E-state index in [2.05, 4.69) is 42.8 Å². The second-order valence-electron chi connectivity index (χ2n) is 9.51. The minimum Gasteiger partial charge on any atom is -0.371 e. The maximum absolute atomic E-state index is 13.4. The number of rotatable bonds is 7. The smallest absolute Gasteiger partial charge is 0.259 e. The van der Waals surface area contributed by atoms with E-state index in [9.17, 15) is 9.59 Å². The third kappa shape index (κ3) is 4.99. The molecule has 4 aromatic rings. The monoisotopic (exact) mass is 503 g/mol. The second-order valence-corrected chi connectivity index (χ2v) is 9.51. The zero-order valence-corrected chi connectivity index (χ0v) is 21.7. The molecule has 11 heteroatoms. The molecule has 0 spiro atoms. The number of imidazole rings is 1. The molecule has 4 heterocycles. The molecule has 3 N–H and O–H groups in total. The van der Waals surface area contributed by atoms with E-state index in [1.807, 2.05) is 38.5 Å². The van der Waals surface area contributed by atoms with Crippen LogP contribution >= 0.6 is 0 Å². The Labute approximate surface area is 215 Å². The summed E-state index contributed by atoms with van der Waals surface area (Å²) in [5.74, 6) is -0.0617. The van der Waals surface area contributed by atoms with Crippen molar-refractivity contribution in [2.75, 3.05) is 36.9 Å². The third-order valence-corrected chi connectivity index (χ3v) is 6.82. The molecule has 1 fully saturated rings. The number of nitrogens with one attached hydrogen (secondary N) is 3. The lowest BCUT2D eigenvalue weighted by molar-refractivity contribution is -0.120. The van der Waals surface area contributed by atoms with Crippen molar-refractivity contribution in [2.45, 2.75) is 39.2 Å². The van der Waals surface area contributed by atoms with Crippen molar-refractivity contribution >= 4 is 39.9 Å². The van der Waals surface area contributed by atoms with Crippen molar-refractivity contribution < 1.29 is 9.59 Å². The maximum Gasteiger partial charge on any atom is 0.259 e.